The minimum absolute atomic E-state index is 0.0335. The SMILES string of the molecule is CN(C)C(=O)c1ccc(-c2ccc([C@H]3c4cc(C#N)ccc4C[C@@]3(C)C(=O)Nc3nccs3)cc2)cc1. The molecule has 0 spiro atoms. The molecule has 0 saturated heterocycles. The number of nitrogens with one attached hydrogen (secondary N) is 1. The van der Waals surface area contributed by atoms with E-state index in [1.165, 1.54) is 11.3 Å². The Hall–Kier alpha value is -4.28. The van der Waals surface area contributed by atoms with E-state index in [1.807, 2.05) is 66.9 Å². The van der Waals surface area contributed by atoms with E-state index in [9.17, 15) is 14.9 Å². The third-order valence-electron chi connectivity index (χ3n) is 7.07. The average molecular weight is 507 g/mol. The lowest BCUT2D eigenvalue weighted by Gasteiger charge is -2.31. The summed E-state index contributed by atoms with van der Waals surface area (Å²) in [5, 5.41) is 14.9. The van der Waals surface area contributed by atoms with E-state index in [0.717, 1.165) is 27.8 Å². The topological polar surface area (TPSA) is 86.1 Å². The van der Waals surface area contributed by atoms with E-state index < -0.39 is 5.41 Å². The summed E-state index contributed by atoms with van der Waals surface area (Å²) in [6.07, 6.45) is 2.24. The zero-order valence-electron chi connectivity index (χ0n) is 20.9. The van der Waals surface area contributed by atoms with Crippen molar-refractivity contribution < 1.29 is 9.59 Å². The maximum Gasteiger partial charge on any atom is 0.253 e. The van der Waals surface area contributed by atoms with Crippen molar-refractivity contribution in [2.75, 3.05) is 19.4 Å². The van der Waals surface area contributed by atoms with Crippen molar-refractivity contribution in [1.82, 2.24) is 9.88 Å². The van der Waals surface area contributed by atoms with Crippen molar-refractivity contribution in [2.24, 2.45) is 5.41 Å². The summed E-state index contributed by atoms with van der Waals surface area (Å²) in [6.45, 7) is 1.99. The number of rotatable bonds is 5. The van der Waals surface area contributed by atoms with Gasteiger partial charge in [-0.1, -0.05) is 42.5 Å². The van der Waals surface area contributed by atoms with Crippen LogP contribution in [0.25, 0.3) is 11.1 Å². The Morgan fingerprint density at radius 2 is 1.73 bits per heavy atom. The third-order valence-corrected chi connectivity index (χ3v) is 7.76. The van der Waals surface area contributed by atoms with Gasteiger partial charge in [-0.15, -0.1) is 11.3 Å². The number of anilines is 1. The largest absolute Gasteiger partial charge is 0.345 e. The molecule has 37 heavy (non-hydrogen) atoms. The average Bonchev–Trinajstić information content (AvgIpc) is 3.53. The van der Waals surface area contributed by atoms with Gasteiger partial charge in [0.15, 0.2) is 5.13 Å². The Morgan fingerprint density at radius 1 is 1.05 bits per heavy atom. The number of hydrogen-bond donors (Lipinski definition) is 1. The van der Waals surface area contributed by atoms with Crippen molar-refractivity contribution in [3.8, 4) is 17.2 Å². The molecule has 184 valence electrons. The van der Waals surface area contributed by atoms with Crippen LogP contribution >= 0.6 is 11.3 Å². The molecule has 6 nitrogen and oxygen atoms in total. The highest BCUT2D eigenvalue weighted by molar-refractivity contribution is 7.13. The van der Waals surface area contributed by atoms with Crippen LogP contribution in [0.3, 0.4) is 0 Å². The molecule has 1 aliphatic carbocycles. The second kappa shape index (κ2) is 9.64. The van der Waals surface area contributed by atoms with Gasteiger partial charge in [0, 0.05) is 37.2 Å². The van der Waals surface area contributed by atoms with Gasteiger partial charge < -0.3 is 10.2 Å². The molecular weight excluding hydrogens is 480 g/mol. The molecule has 2 amide bonds. The maximum absolute atomic E-state index is 13.6. The monoisotopic (exact) mass is 506 g/mol. The van der Waals surface area contributed by atoms with Crippen molar-refractivity contribution in [3.63, 3.8) is 0 Å². The van der Waals surface area contributed by atoms with Crippen LogP contribution in [0.1, 0.15) is 45.5 Å². The molecule has 5 rings (SSSR count). The molecule has 0 bridgehead atoms. The Labute approximate surface area is 220 Å². The van der Waals surface area contributed by atoms with Crippen LogP contribution < -0.4 is 5.32 Å². The number of benzene rings is 3. The van der Waals surface area contributed by atoms with Gasteiger partial charge in [-0.05, 0) is 65.4 Å². The number of carbonyl (C=O) groups is 2. The van der Waals surface area contributed by atoms with Gasteiger partial charge in [0.2, 0.25) is 5.91 Å². The number of amides is 2. The Bertz CT molecular complexity index is 1500. The molecule has 4 aromatic rings. The van der Waals surface area contributed by atoms with Crippen LogP contribution in [0.15, 0.2) is 78.3 Å². The van der Waals surface area contributed by atoms with Gasteiger partial charge in [0.05, 0.1) is 17.0 Å². The minimum Gasteiger partial charge on any atom is -0.345 e. The molecule has 0 radical (unpaired) electrons. The van der Waals surface area contributed by atoms with Crippen molar-refractivity contribution >= 4 is 28.3 Å². The van der Waals surface area contributed by atoms with Crippen LogP contribution in [0.5, 0.6) is 0 Å². The summed E-state index contributed by atoms with van der Waals surface area (Å²) >= 11 is 1.39. The number of thiazole rings is 1. The first kappa shape index (κ1) is 24.4. The van der Waals surface area contributed by atoms with E-state index in [0.29, 0.717) is 22.7 Å². The lowest BCUT2D eigenvalue weighted by Crippen LogP contribution is -2.37. The van der Waals surface area contributed by atoms with E-state index in [-0.39, 0.29) is 17.7 Å². The summed E-state index contributed by atoms with van der Waals surface area (Å²) in [5.41, 5.74) is 5.59. The number of carbonyl (C=O) groups excluding carboxylic acids is 2. The predicted octanol–water partition coefficient (Wildman–Crippen LogP) is 5.72. The zero-order chi connectivity index (χ0) is 26.2. The van der Waals surface area contributed by atoms with Crippen LogP contribution in [0.4, 0.5) is 5.13 Å². The first-order valence-electron chi connectivity index (χ1n) is 12.0. The fourth-order valence-electron chi connectivity index (χ4n) is 5.15. The molecule has 0 fully saturated rings. The van der Waals surface area contributed by atoms with Gasteiger partial charge in [0.25, 0.3) is 5.91 Å². The molecule has 1 N–H and O–H groups in total. The lowest BCUT2D eigenvalue weighted by atomic mass is 9.73. The molecule has 2 atom stereocenters. The molecule has 0 unspecified atom stereocenters. The highest BCUT2D eigenvalue weighted by atomic mass is 32.1. The van der Waals surface area contributed by atoms with Gasteiger partial charge in [-0.2, -0.15) is 5.26 Å². The lowest BCUT2D eigenvalue weighted by molar-refractivity contribution is -0.125. The molecule has 1 heterocycles. The molecule has 1 aromatic heterocycles. The number of nitrogens with zero attached hydrogens (tertiary/aromatic N) is 3. The zero-order valence-corrected chi connectivity index (χ0v) is 21.7. The van der Waals surface area contributed by atoms with Crippen molar-refractivity contribution in [3.05, 3.63) is 106 Å². The van der Waals surface area contributed by atoms with Gasteiger partial charge in [0.1, 0.15) is 0 Å². The van der Waals surface area contributed by atoms with Gasteiger partial charge in [-0.3, -0.25) is 9.59 Å². The molecule has 3 aromatic carbocycles. The van der Waals surface area contributed by atoms with E-state index in [1.54, 1.807) is 25.2 Å². The molecule has 1 aliphatic rings. The Balaban J connectivity index is 1.50. The first-order chi connectivity index (χ1) is 17.8. The summed E-state index contributed by atoms with van der Waals surface area (Å²) in [5.74, 6) is -0.342. The quantitative estimate of drug-likeness (QED) is 0.375. The van der Waals surface area contributed by atoms with Crippen molar-refractivity contribution in [2.45, 2.75) is 19.3 Å². The van der Waals surface area contributed by atoms with E-state index in [4.69, 9.17) is 0 Å². The third kappa shape index (κ3) is 4.52. The van der Waals surface area contributed by atoms with Crippen LogP contribution in [-0.4, -0.2) is 35.8 Å². The summed E-state index contributed by atoms with van der Waals surface area (Å²) in [6, 6.07) is 23.7. The van der Waals surface area contributed by atoms with Crippen LogP contribution in [0, 0.1) is 16.7 Å². The predicted molar refractivity (Wildman–Crippen MR) is 145 cm³/mol. The number of fused-ring (bicyclic) bond motifs is 1. The second-order valence-electron chi connectivity index (χ2n) is 9.74. The van der Waals surface area contributed by atoms with Gasteiger partial charge >= 0.3 is 0 Å². The number of hydrogen-bond acceptors (Lipinski definition) is 5. The molecule has 7 heteroatoms. The van der Waals surface area contributed by atoms with E-state index >= 15 is 0 Å². The highest BCUT2D eigenvalue weighted by Gasteiger charge is 2.49. The van der Waals surface area contributed by atoms with E-state index in [2.05, 4.69) is 28.5 Å². The summed E-state index contributed by atoms with van der Waals surface area (Å²) in [4.78, 5) is 31.6. The van der Waals surface area contributed by atoms with Crippen LogP contribution in [-0.2, 0) is 11.2 Å². The fraction of sp³-hybridized carbons (Fsp3) is 0.200. The summed E-state index contributed by atoms with van der Waals surface area (Å²) < 4.78 is 0. The van der Waals surface area contributed by atoms with Crippen molar-refractivity contribution in [1.29, 1.82) is 5.26 Å². The van der Waals surface area contributed by atoms with Crippen LogP contribution in [0.2, 0.25) is 0 Å². The Morgan fingerprint density at radius 3 is 2.32 bits per heavy atom. The first-order valence-corrected chi connectivity index (χ1v) is 12.8. The second-order valence-corrected chi connectivity index (χ2v) is 10.6. The highest BCUT2D eigenvalue weighted by Crippen LogP contribution is 2.51. The number of nitriles is 1. The fourth-order valence-corrected chi connectivity index (χ4v) is 5.67. The number of aromatic nitrogens is 1. The van der Waals surface area contributed by atoms with Gasteiger partial charge in [-0.25, -0.2) is 4.98 Å². The maximum atomic E-state index is 13.6. The normalized spacial score (nSPS) is 18.1. The molecule has 0 saturated carbocycles. The minimum atomic E-state index is -0.752. The smallest absolute Gasteiger partial charge is 0.253 e. The standard InChI is InChI=1S/C30H26N4O2S/c1-30(28(36)33-29-32-14-15-37-29)17-24-5-4-19(18-31)16-25(24)26(30)22-10-6-20(7-11-22)21-8-12-23(13-9-21)27(35)34(2)3/h4-16,26H,17H2,1-3H3,(H,32,33,36)/t26-,30+/m0/s1. The summed E-state index contributed by atoms with van der Waals surface area (Å²) in [7, 11) is 3.47. The molecular formula is C30H26N4O2S. The molecule has 0 aliphatic heterocycles. The Kier molecular flexibility index (Phi) is 6.36.